The Balaban J connectivity index is 0.000000211. The zero-order chi connectivity index (χ0) is 15.5. The predicted octanol–water partition coefficient (Wildman–Crippen LogP) is 2.32. The summed E-state index contributed by atoms with van der Waals surface area (Å²) in [7, 11) is 1.39. The summed E-state index contributed by atoms with van der Waals surface area (Å²) in [5, 5.41) is 8.36. The lowest BCUT2D eigenvalue weighted by atomic mass is 10.2. The molecule has 2 aromatic carbocycles. The zero-order valence-electron chi connectivity index (χ0n) is 11.7. The van der Waals surface area contributed by atoms with E-state index in [9.17, 15) is 9.59 Å². The summed E-state index contributed by atoms with van der Waals surface area (Å²) >= 11 is 0. The van der Waals surface area contributed by atoms with E-state index in [0.29, 0.717) is 6.42 Å². The van der Waals surface area contributed by atoms with Gasteiger partial charge in [0.15, 0.2) is 0 Å². The molecule has 0 bridgehead atoms. The van der Waals surface area contributed by atoms with Crippen LogP contribution in [0.4, 0.5) is 0 Å². The first kappa shape index (κ1) is 16.4. The van der Waals surface area contributed by atoms with Crippen LogP contribution in [0, 0.1) is 12.1 Å². The highest BCUT2D eigenvalue weighted by atomic mass is 16.5. The van der Waals surface area contributed by atoms with Gasteiger partial charge in [0, 0.05) is 0 Å². The van der Waals surface area contributed by atoms with Crippen LogP contribution in [0.25, 0.3) is 0 Å². The van der Waals surface area contributed by atoms with Crippen molar-refractivity contribution in [3.05, 3.63) is 71.8 Å². The van der Waals surface area contributed by atoms with Gasteiger partial charge in [-0.15, -0.1) is 0 Å². The van der Waals surface area contributed by atoms with E-state index < -0.39 is 5.97 Å². The van der Waals surface area contributed by atoms with Gasteiger partial charge in [-0.2, -0.15) is 0 Å². The van der Waals surface area contributed by atoms with Gasteiger partial charge in [0.05, 0.1) is 20.0 Å². The Bertz CT molecular complexity index is 550. The molecule has 2 radical (unpaired) electrons. The molecule has 0 unspecified atom stereocenters. The Hall–Kier alpha value is -2.62. The standard InChI is InChI=1S/C9H9O2.C8H7O2/c1-11-9(10)7-8-5-3-2-4-6-8;9-8(10)6-7-4-2-1-3-5-7/h3-6H,7H2,1H3;2-5H,6H2,(H,9,10). The minimum atomic E-state index is -0.800. The van der Waals surface area contributed by atoms with Crippen molar-refractivity contribution in [1.82, 2.24) is 0 Å². The molecule has 0 heterocycles. The monoisotopic (exact) mass is 284 g/mol. The van der Waals surface area contributed by atoms with Gasteiger partial charge in [0.25, 0.3) is 0 Å². The van der Waals surface area contributed by atoms with E-state index in [1.807, 2.05) is 12.1 Å². The molecule has 108 valence electrons. The van der Waals surface area contributed by atoms with Crippen LogP contribution >= 0.6 is 0 Å². The molecule has 0 spiro atoms. The van der Waals surface area contributed by atoms with Gasteiger partial charge in [0.2, 0.25) is 0 Å². The maximum absolute atomic E-state index is 10.7. The minimum Gasteiger partial charge on any atom is -0.481 e. The Morgan fingerprint density at radius 2 is 1.38 bits per heavy atom. The molecule has 4 heteroatoms. The average Bonchev–Trinajstić information content (AvgIpc) is 2.49. The zero-order valence-corrected chi connectivity index (χ0v) is 11.7. The lowest BCUT2D eigenvalue weighted by Crippen LogP contribution is -2.03. The van der Waals surface area contributed by atoms with E-state index in [1.54, 1.807) is 36.4 Å². The number of rotatable bonds is 4. The number of hydrogen-bond acceptors (Lipinski definition) is 3. The average molecular weight is 284 g/mol. The molecule has 0 saturated heterocycles. The molecule has 4 nitrogen and oxygen atoms in total. The highest BCUT2D eigenvalue weighted by Gasteiger charge is 2.00. The van der Waals surface area contributed by atoms with Crippen LogP contribution < -0.4 is 0 Å². The fourth-order valence-electron chi connectivity index (χ4n) is 1.49. The van der Waals surface area contributed by atoms with Gasteiger partial charge in [-0.25, -0.2) is 0 Å². The summed E-state index contributed by atoms with van der Waals surface area (Å²) in [6.45, 7) is 0. The van der Waals surface area contributed by atoms with Crippen molar-refractivity contribution >= 4 is 11.9 Å². The topological polar surface area (TPSA) is 63.6 Å². The summed E-state index contributed by atoms with van der Waals surface area (Å²) in [6.07, 6.45) is 0.430. The van der Waals surface area contributed by atoms with Crippen LogP contribution in [-0.4, -0.2) is 24.2 Å². The summed E-state index contributed by atoms with van der Waals surface area (Å²) in [6, 6.07) is 19.8. The third kappa shape index (κ3) is 7.52. The van der Waals surface area contributed by atoms with Gasteiger partial charge in [0.1, 0.15) is 0 Å². The van der Waals surface area contributed by atoms with Crippen LogP contribution in [0.2, 0.25) is 0 Å². The van der Waals surface area contributed by atoms with Crippen molar-refractivity contribution in [2.24, 2.45) is 0 Å². The SMILES string of the molecule is COC(=O)Cc1cc[c]cc1.O=C(O)Cc1cc[c]cc1. The number of benzene rings is 2. The van der Waals surface area contributed by atoms with Gasteiger partial charge in [-0.05, 0) is 23.3 Å². The van der Waals surface area contributed by atoms with E-state index in [2.05, 4.69) is 16.9 Å². The van der Waals surface area contributed by atoms with Crippen molar-refractivity contribution in [2.45, 2.75) is 12.8 Å². The smallest absolute Gasteiger partial charge is 0.309 e. The fourth-order valence-corrected chi connectivity index (χ4v) is 1.49. The maximum Gasteiger partial charge on any atom is 0.309 e. The highest BCUT2D eigenvalue weighted by Crippen LogP contribution is 1.99. The molecule has 0 atom stereocenters. The second-order valence-corrected chi connectivity index (χ2v) is 4.14. The molecule has 0 aliphatic heterocycles. The first-order chi connectivity index (χ1) is 10.1. The van der Waals surface area contributed by atoms with E-state index in [4.69, 9.17) is 5.11 Å². The number of ether oxygens (including phenoxy) is 1. The third-order valence-electron chi connectivity index (χ3n) is 2.51. The Labute approximate surface area is 124 Å². The number of carbonyl (C=O) groups is 2. The van der Waals surface area contributed by atoms with Crippen molar-refractivity contribution in [2.75, 3.05) is 7.11 Å². The number of methoxy groups -OCH3 is 1. The molecule has 2 rings (SSSR count). The van der Waals surface area contributed by atoms with Crippen molar-refractivity contribution < 1.29 is 19.4 Å². The normalized spacial score (nSPS) is 9.19. The molecule has 1 N–H and O–H groups in total. The third-order valence-corrected chi connectivity index (χ3v) is 2.51. The number of carboxylic acids is 1. The fraction of sp³-hybridized carbons (Fsp3) is 0.176. The molecule has 0 saturated carbocycles. The highest BCUT2D eigenvalue weighted by molar-refractivity contribution is 5.72. The predicted molar refractivity (Wildman–Crippen MR) is 77.6 cm³/mol. The Morgan fingerprint density at radius 1 is 0.952 bits per heavy atom. The van der Waals surface area contributed by atoms with Gasteiger partial charge in [-0.1, -0.05) is 48.5 Å². The Kier molecular flexibility index (Phi) is 7.29. The molecule has 0 amide bonds. The molecule has 0 aliphatic carbocycles. The molecule has 0 aliphatic rings. The first-order valence-electron chi connectivity index (χ1n) is 6.30. The van der Waals surface area contributed by atoms with Crippen LogP contribution in [0.1, 0.15) is 11.1 Å². The number of hydrogen-bond donors (Lipinski definition) is 1. The minimum absolute atomic E-state index is 0.0919. The van der Waals surface area contributed by atoms with E-state index in [-0.39, 0.29) is 12.4 Å². The maximum atomic E-state index is 10.7. The van der Waals surface area contributed by atoms with Gasteiger partial charge < -0.3 is 9.84 Å². The van der Waals surface area contributed by atoms with Crippen molar-refractivity contribution in [3.8, 4) is 0 Å². The van der Waals surface area contributed by atoms with Gasteiger partial charge in [-0.3, -0.25) is 9.59 Å². The van der Waals surface area contributed by atoms with Crippen LogP contribution in [0.3, 0.4) is 0 Å². The first-order valence-corrected chi connectivity index (χ1v) is 6.30. The summed E-state index contributed by atoms with van der Waals surface area (Å²) in [5.41, 5.74) is 1.77. The summed E-state index contributed by atoms with van der Waals surface area (Å²) < 4.78 is 4.50. The second-order valence-electron chi connectivity index (χ2n) is 4.14. The second kappa shape index (κ2) is 9.31. The molecule has 21 heavy (non-hydrogen) atoms. The molecule has 2 aromatic rings. The molecular weight excluding hydrogens is 268 g/mol. The van der Waals surface area contributed by atoms with Crippen LogP contribution in [0.15, 0.2) is 48.5 Å². The van der Waals surface area contributed by atoms with Crippen LogP contribution in [0.5, 0.6) is 0 Å². The molecular formula is C17H16O4. The van der Waals surface area contributed by atoms with Crippen molar-refractivity contribution in [1.29, 1.82) is 0 Å². The van der Waals surface area contributed by atoms with E-state index in [1.165, 1.54) is 7.11 Å². The van der Waals surface area contributed by atoms with Crippen LogP contribution in [-0.2, 0) is 27.2 Å². The van der Waals surface area contributed by atoms with Crippen molar-refractivity contribution in [3.63, 3.8) is 0 Å². The lowest BCUT2D eigenvalue weighted by molar-refractivity contribution is -0.140. The quantitative estimate of drug-likeness (QED) is 0.875. The summed E-state index contributed by atoms with van der Waals surface area (Å²) in [5.74, 6) is -1.01. The van der Waals surface area contributed by atoms with Gasteiger partial charge >= 0.3 is 11.9 Å². The number of carbonyl (C=O) groups excluding carboxylic acids is 1. The summed E-state index contributed by atoms with van der Waals surface area (Å²) in [4.78, 5) is 20.9. The van der Waals surface area contributed by atoms with E-state index in [0.717, 1.165) is 11.1 Å². The number of carboxylic acid groups (broad SMARTS) is 1. The van der Waals surface area contributed by atoms with E-state index >= 15 is 0 Å². The largest absolute Gasteiger partial charge is 0.481 e. The molecule has 0 fully saturated rings. The lowest BCUT2D eigenvalue weighted by Gasteiger charge is -1.97. The Morgan fingerprint density at radius 3 is 1.76 bits per heavy atom. The molecule has 0 aromatic heterocycles. The number of esters is 1. The number of aliphatic carboxylic acids is 1.